The lowest BCUT2D eigenvalue weighted by atomic mass is 9.97. The number of nitrogens with two attached hydrogens (primary N) is 2. The van der Waals surface area contributed by atoms with Crippen LogP contribution in [0.4, 0.5) is 0 Å². The topological polar surface area (TPSA) is 105 Å². The summed E-state index contributed by atoms with van der Waals surface area (Å²) in [6.45, 7) is 2.28. The molecule has 0 aromatic carbocycles. The average Bonchev–Trinajstić information content (AvgIpc) is 2.94. The number of hydrogen-bond donors (Lipinski definition) is 4. The van der Waals surface area contributed by atoms with Gasteiger partial charge < -0.3 is 25.0 Å². The number of aliphatic hydroxyl groups is 2. The number of thioether (sulfide) groups is 1. The Morgan fingerprint density at radius 2 is 2.05 bits per heavy atom. The van der Waals surface area contributed by atoms with Crippen LogP contribution in [0.25, 0.3) is 0 Å². The fourth-order valence-electron chi connectivity index (χ4n) is 3.06. The Bertz CT molecular complexity index is 392. The molecule has 0 saturated carbocycles. The third-order valence-electron chi connectivity index (χ3n) is 4.40. The van der Waals surface area contributed by atoms with Crippen molar-refractivity contribution in [1.29, 1.82) is 0 Å². The van der Waals surface area contributed by atoms with E-state index in [1.54, 1.807) is 0 Å². The van der Waals surface area contributed by atoms with Gasteiger partial charge in [-0.2, -0.15) is 0 Å². The summed E-state index contributed by atoms with van der Waals surface area (Å²) in [5.41, 5.74) is -0.178. The van der Waals surface area contributed by atoms with Crippen molar-refractivity contribution in [3.8, 4) is 0 Å². The Labute approximate surface area is 128 Å². The van der Waals surface area contributed by atoms with E-state index in [0.29, 0.717) is 12.6 Å². The highest BCUT2D eigenvalue weighted by molar-refractivity contribution is 8.14. The molecular weight excluding hydrogens is 294 g/mol. The normalized spacial score (nSPS) is 40.9. The maximum absolute atomic E-state index is 10.3. The largest absolute Gasteiger partial charge is 0.388 e. The van der Waals surface area contributed by atoms with Crippen LogP contribution in [0.3, 0.4) is 0 Å². The molecule has 0 aromatic rings. The summed E-state index contributed by atoms with van der Waals surface area (Å²) in [5, 5.41) is 25.5. The SMILES string of the molecule is C[NH2+]C1=N[C@@H]2[C@@H](O)[C@H](O)[C@@H](C[NH2+]C3CCOCC3)O[C@@H]2S1. The zero-order valence-electron chi connectivity index (χ0n) is 12.2. The summed E-state index contributed by atoms with van der Waals surface area (Å²) in [5.74, 6) is 0. The monoisotopic (exact) mass is 319 g/mol. The van der Waals surface area contributed by atoms with Gasteiger partial charge in [-0.15, -0.1) is 0 Å². The van der Waals surface area contributed by atoms with Crippen LogP contribution in [0.1, 0.15) is 12.8 Å². The molecule has 3 heterocycles. The fraction of sp³-hybridized carbons (Fsp3) is 0.923. The molecule has 0 amide bonds. The molecule has 7 nitrogen and oxygen atoms in total. The second-order valence-electron chi connectivity index (χ2n) is 5.81. The second kappa shape index (κ2) is 6.91. The number of amidine groups is 1. The van der Waals surface area contributed by atoms with Crippen LogP contribution < -0.4 is 10.6 Å². The first-order chi connectivity index (χ1) is 10.2. The number of hydrogen-bond acceptors (Lipinski definition) is 6. The van der Waals surface area contributed by atoms with E-state index in [1.807, 2.05) is 12.4 Å². The van der Waals surface area contributed by atoms with Crippen molar-refractivity contribution in [3.63, 3.8) is 0 Å². The van der Waals surface area contributed by atoms with Crippen LogP contribution in [-0.4, -0.2) is 78.0 Å². The molecule has 0 bridgehead atoms. The zero-order valence-corrected chi connectivity index (χ0v) is 13.0. The van der Waals surface area contributed by atoms with Crippen molar-refractivity contribution in [2.24, 2.45) is 4.99 Å². The maximum Gasteiger partial charge on any atom is 0.258 e. The van der Waals surface area contributed by atoms with Gasteiger partial charge in [-0.3, -0.25) is 5.32 Å². The summed E-state index contributed by atoms with van der Waals surface area (Å²) in [6, 6.07) is 0.173. The lowest BCUT2D eigenvalue weighted by molar-refractivity contribution is -0.700. The molecule has 5 atom stereocenters. The fourth-order valence-corrected chi connectivity index (χ4v) is 4.18. The van der Waals surface area contributed by atoms with Crippen molar-refractivity contribution in [2.75, 3.05) is 26.8 Å². The molecule has 0 spiro atoms. The molecule has 3 aliphatic rings. The first-order valence-electron chi connectivity index (χ1n) is 7.65. The van der Waals surface area contributed by atoms with Gasteiger partial charge in [0.2, 0.25) is 0 Å². The molecular formula is C13H25N3O4S+2. The van der Waals surface area contributed by atoms with Crippen LogP contribution in [0, 0.1) is 0 Å². The van der Waals surface area contributed by atoms with Crippen LogP contribution in [0.2, 0.25) is 0 Å². The van der Waals surface area contributed by atoms with E-state index in [4.69, 9.17) is 9.47 Å². The Morgan fingerprint density at radius 1 is 1.29 bits per heavy atom. The highest BCUT2D eigenvalue weighted by atomic mass is 32.2. The minimum absolute atomic E-state index is 0.178. The Kier molecular flexibility index (Phi) is 5.15. The number of fused-ring (bicyclic) bond motifs is 1. The van der Waals surface area contributed by atoms with E-state index in [9.17, 15) is 10.2 Å². The molecule has 2 saturated heterocycles. The smallest absolute Gasteiger partial charge is 0.258 e. The number of rotatable bonds is 3. The molecule has 120 valence electrons. The zero-order chi connectivity index (χ0) is 14.8. The van der Waals surface area contributed by atoms with E-state index >= 15 is 0 Å². The van der Waals surface area contributed by atoms with Gasteiger partial charge in [-0.1, -0.05) is 0 Å². The first-order valence-corrected chi connectivity index (χ1v) is 8.53. The van der Waals surface area contributed by atoms with E-state index < -0.39 is 12.2 Å². The third-order valence-corrected chi connectivity index (χ3v) is 5.60. The number of ether oxygens (including phenoxy) is 2. The van der Waals surface area contributed by atoms with Gasteiger partial charge in [-0.25, -0.2) is 4.99 Å². The summed E-state index contributed by atoms with van der Waals surface area (Å²) in [4.78, 5) is 4.41. The van der Waals surface area contributed by atoms with Gasteiger partial charge in [-0.05, 0) is 11.8 Å². The molecule has 8 heteroatoms. The van der Waals surface area contributed by atoms with E-state index in [2.05, 4.69) is 10.3 Å². The first kappa shape index (κ1) is 15.7. The molecule has 6 N–H and O–H groups in total. The lowest BCUT2D eigenvalue weighted by Gasteiger charge is -2.37. The molecule has 3 rings (SSSR count). The summed E-state index contributed by atoms with van der Waals surface area (Å²) < 4.78 is 11.3. The van der Waals surface area contributed by atoms with Crippen molar-refractivity contribution in [2.45, 2.75) is 48.7 Å². The molecule has 21 heavy (non-hydrogen) atoms. The number of aliphatic hydroxyl groups excluding tert-OH is 2. The van der Waals surface area contributed by atoms with Crippen LogP contribution in [0.15, 0.2) is 4.99 Å². The van der Waals surface area contributed by atoms with Gasteiger partial charge in [0.05, 0.1) is 26.3 Å². The predicted molar refractivity (Wildman–Crippen MR) is 78.0 cm³/mol. The summed E-state index contributed by atoms with van der Waals surface area (Å²) in [7, 11) is 1.92. The second-order valence-corrected chi connectivity index (χ2v) is 6.93. The van der Waals surface area contributed by atoms with Gasteiger partial charge >= 0.3 is 0 Å². The molecule has 0 unspecified atom stereocenters. The molecule has 0 aliphatic carbocycles. The van der Waals surface area contributed by atoms with E-state index in [1.165, 1.54) is 11.8 Å². The van der Waals surface area contributed by atoms with Crippen molar-refractivity contribution in [1.82, 2.24) is 0 Å². The van der Waals surface area contributed by atoms with Gasteiger partial charge in [0, 0.05) is 12.8 Å². The van der Waals surface area contributed by atoms with Crippen LogP contribution in [-0.2, 0) is 9.47 Å². The lowest BCUT2D eigenvalue weighted by Crippen LogP contribution is -2.93. The molecule has 0 aromatic heterocycles. The van der Waals surface area contributed by atoms with E-state index in [0.717, 1.165) is 31.2 Å². The Balaban J connectivity index is 1.55. The van der Waals surface area contributed by atoms with Crippen molar-refractivity contribution in [3.05, 3.63) is 0 Å². The molecule has 0 radical (unpaired) electrons. The van der Waals surface area contributed by atoms with E-state index in [-0.39, 0.29) is 17.6 Å². The molecule has 3 aliphatic heterocycles. The summed E-state index contributed by atoms with van der Waals surface area (Å²) >= 11 is 1.53. The maximum atomic E-state index is 10.3. The quantitative estimate of drug-likeness (QED) is 0.440. The van der Waals surface area contributed by atoms with Crippen LogP contribution >= 0.6 is 11.8 Å². The highest BCUT2D eigenvalue weighted by Gasteiger charge is 2.49. The molecule has 2 fully saturated rings. The van der Waals surface area contributed by atoms with Crippen LogP contribution in [0.5, 0.6) is 0 Å². The van der Waals surface area contributed by atoms with Crippen molar-refractivity contribution >= 4 is 16.9 Å². The third kappa shape index (κ3) is 3.42. The van der Waals surface area contributed by atoms with Crippen molar-refractivity contribution < 1.29 is 30.3 Å². The van der Waals surface area contributed by atoms with Gasteiger partial charge in [0.15, 0.2) is 0 Å². The number of aliphatic imine (C=N–C) groups is 1. The Hall–Kier alpha value is -0.220. The standard InChI is InChI=1S/C13H23N3O4S/c1-14-13-16-9-11(18)10(17)8(20-12(9)21-13)6-15-7-2-4-19-5-3-7/h7-12,15,17-18H,2-6H2,1H3,(H,14,16)/p+2/t8-,9-,10-,11-,12-/m1/s1. The number of nitrogens with zero attached hydrogens (tertiary/aromatic N) is 1. The minimum Gasteiger partial charge on any atom is -0.388 e. The van der Waals surface area contributed by atoms with Gasteiger partial charge in [0.25, 0.3) is 5.17 Å². The highest BCUT2D eigenvalue weighted by Crippen LogP contribution is 2.34. The Morgan fingerprint density at radius 3 is 2.76 bits per heavy atom. The number of quaternary nitrogens is 2. The predicted octanol–water partition coefficient (Wildman–Crippen LogP) is -3.16. The average molecular weight is 319 g/mol. The summed E-state index contributed by atoms with van der Waals surface area (Å²) in [6.07, 6.45) is 0.00161. The van der Waals surface area contributed by atoms with Gasteiger partial charge in [0.1, 0.15) is 36.3 Å². The minimum atomic E-state index is -0.872.